The van der Waals surface area contributed by atoms with Gasteiger partial charge in [0.1, 0.15) is 27.4 Å². The number of piperidine rings is 1. The van der Waals surface area contributed by atoms with Gasteiger partial charge in [0.15, 0.2) is 0 Å². The SMILES string of the molecule is CCC(=O)N1CCC(N2C(=O)N(c3c(Cl)c(OC)cc(OC)c3Cl)Cc3cnc(Nc4ccccc4)nc32)CC1. The number of fused-ring (bicyclic) bond motifs is 1. The second kappa shape index (κ2) is 11.8. The maximum Gasteiger partial charge on any atom is 0.330 e. The number of nitrogens with one attached hydrogen (secondary N) is 1. The predicted molar refractivity (Wildman–Crippen MR) is 155 cm³/mol. The smallest absolute Gasteiger partial charge is 0.330 e. The van der Waals surface area contributed by atoms with E-state index in [0.717, 1.165) is 11.3 Å². The molecule has 1 N–H and O–H groups in total. The minimum Gasteiger partial charge on any atom is -0.495 e. The van der Waals surface area contributed by atoms with Crippen molar-refractivity contribution < 1.29 is 19.1 Å². The van der Waals surface area contributed by atoms with Gasteiger partial charge in [0.2, 0.25) is 11.9 Å². The molecule has 3 heterocycles. The highest BCUT2D eigenvalue weighted by atomic mass is 35.5. The number of benzene rings is 2. The lowest BCUT2D eigenvalue weighted by Gasteiger charge is -2.43. The average molecular weight is 585 g/mol. The molecule has 2 aliphatic heterocycles. The topological polar surface area (TPSA) is 100 Å². The van der Waals surface area contributed by atoms with Crippen LogP contribution in [0, 0.1) is 0 Å². The minimum atomic E-state index is -0.337. The van der Waals surface area contributed by atoms with Crippen LogP contribution < -0.4 is 24.6 Å². The molecule has 0 atom stereocenters. The first-order valence-corrected chi connectivity index (χ1v) is 13.8. The Bertz CT molecular complexity index is 1390. The number of likely N-dealkylation sites (tertiary alicyclic amines) is 1. The molecule has 40 heavy (non-hydrogen) atoms. The summed E-state index contributed by atoms with van der Waals surface area (Å²) in [5.41, 5.74) is 1.83. The molecule has 10 nitrogen and oxygen atoms in total. The Balaban J connectivity index is 1.57. The molecule has 0 spiro atoms. The zero-order valence-electron chi connectivity index (χ0n) is 22.5. The molecular weight excluding hydrogens is 555 g/mol. The van der Waals surface area contributed by atoms with E-state index in [1.54, 1.807) is 17.2 Å². The molecule has 1 fully saturated rings. The summed E-state index contributed by atoms with van der Waals surface area (Å²) in [6.07, 6.45) is 3.34. The number of carbonyl (C=O) groups is 2. The van der Waals surface area contributed by atoms with E-state index in [0.29, 0.717) is 55.6 Å². The van der Waals surface area contributed by atoms with E-state index in [1.807, 2.05) is 42.2 Å². The number of halogens is 2. The van der Waals surface area contributed by atoms with Gasteiger partial charge in [0.25, 0.3) is 0 Å². The molecule has 0 radical (unpaired) electrons. The van der Waals surface area contributed by atoms with Crippen LogP contribution in [0.1, 0.15) is 31.7 Å². The summed E-state index contributed by atoms with van der Waals surface area (Å²) in [5, 5.41) is 3.59. The van der Waals surface area contributed by atoms with Gasteiger partial charge in [-0.3, -0.25) is 14.6 Å². The summed E-state index contributed by atoms with van der Waals surface area (Å²) in [7, 11) is 2.97. The van der Waals surface area contributed by atoms with Gasteiger partial charge < -0.3 is 19.7 Å². The van der Waals surface area contributed by atoms with E-state index in [-0.39, 0.29) is 40.3 Å². The number of hydrogen-bond donors (Lipinski definition) is 1. The summed E-state index contributed by atoms with van der Waals surface area (Å²) >= 11 is 13.4. The fourth-order valence-electron chi connectivity index (χ4n) is 5.10. The number of carbonyl (C=O) groups excluding carboxylic acids is 2. The Morgan fingerprint density at radius 2 is 1.73 bits per heavy atom. The quantitative estimate of drug-likeness (QED) is 0.369. The largest absolute Gasteiger partial charge is 0.495 e. The van der Waals surface area contributed by atoms with Crippen LogP contribution in [-0.4, -0.2) is 60.2 Å². The summed E-state index contributed by atoms with van der Waals surface area (Å²) in [6.45, 7) is 3.08. The van der Waals surface area contributed by atoms with E-state index < -0.39 is 0 Å². The number of hydrogen-bond acceptors (Lipinski definition) is 7. The minimum absolute atomic E-state index is 0.101. The zero-order chi connectivity index (χ0) is 28.4. The number of para-hydroxylation sites is 1. The number of aromatic nitrogens is 2. The second-order valence-electron chi connectivity index (χ2n) is 9.50. The fourth-order valence-corrected chi connectivity index (χ4v) is 5.80. The molecule has 2 aliphatic rings. The Hall–Kier alpha value is -3.76. The monoisotopic (exact) mass is 584 g/mol. The van der Waals surface area contributed by atoms with Crippen LogP contribution in [0.25, 0.3) is 0 Å². The van der Waals surface area contributed by atoms with Gasteiger partial charge in [-0.2, -0.15) is 4.98 Å². The number of amides is 3. The molecule has 0 aliphatic carbocycles. The summed E-state index contributed by atoms with van der Waals surface area (Å²) < 4.78 is 10.9. The van der Waals surface area contributed by atoms with Crippen LogP contribution in [0.15, 0.2) is 42.6 Å². The van der Waals surface area contributed by atoms with Gasteiger partial charge in [-0.25, -0.2) is 9.78 Å². The molecule has 2 aromatic carbocycles. The Morgan fingerprint density at radius 3 is 2.33 bits per heavy atom. The van der Waals surface area contributed by atoms with Crippen molar-refractivity contribution in [3.8, 4) is 11.5 Å². The molecule has 3 amide bonds. The number of rotatable bonds is 7. The summed E-state index contributed by atoms with van der Waals surface area (Å²) in [5.74, 6) is 1.64. The van der Waals surface area contributed by atoms with Crippen LogP contribution in [0.4, 0.5) is 27.9 Å². The van der Waals surface area contributed by atoms with Crippen LogP contribution >= 0.6 is 23.2 Å². The van der Waals surface area contributed by atoms with Crippen LogP contribution in [0.5, 0.6) is 11.5 Å². The predicted octanol–water partition coefficient (Wildman–Crippen LogP) is 5.89. The molecular formula is C28H30Cl2N6O4. The van der Waals surface area contributed by atoms with E-state index in [4.69, 9.17) is 37.7 Å². The van der Waals surface area contributed by atoms with E-state index >= 15 is 0 Å². The van der Waals surface area contributed by atoms with Gasteiger partial charge in [-0.1, -0.05) is 48.3 Å². The molecule has 3 aromatic rings. The third kappa shape index (κ3) is 5.21. The van der Waals surface area contributed by atoms with E-state index in [9.17, 15) is 9.59 Å². The lowest BCUT2D eigenvalue weighted by Crippen LogP contribution is -2.55. The Morgan fingerprint density at radius 1 is 1.07 bits per heavy atom. The lowest BCUT2D eigenvalue weighted by molar-refractivity contribution is -0.131. The number of ether oxygens (including phenoxy) is 2. The van der Waals surface area contributed by atoms with E-state index in [1.165, 1.54) is 19.1 Å². The zero-order valence-corrected chi connectivity index (χ0v) is 24.0. The van der Waals surface area contributed by atoms with Crippen molar-refractivity contribution in [1.29, 1.82) is 0 Å². The highest BCUT2D eigenvalue weighted by molar-refractivity contribution is 6.42. The maximum atomic E-state index is 14.3. The summed E-state index contributed by atoms with van der Waals surface area (Å²) in [6, 6.07) is 10.6. The molecule has 1 aromatic heterocycles. The molecule has 0 saturated carbocycles. The maximum absolute atomic E-state index is 14.3. The van der Waals surface area contributed by atoms with Crippen molar-refractivity contribution in [2.45, 2.75) is 38.8 Å². The Kier molecular flexibility index (Phi) is 8.18. The number of anilines is 4. The molecule has 0 bridgehead atoms. The molecule has 12 heteroatoms. The van der Waals surface area contributed by atoms with Crippen LogP contribution in [-0.2, 0) is 11.3 Å². The molecule has 210 valence electrons. The summed E-state index contributed by atoms with van der Waals surface area (Å²) in [4.78, 5) is 41.0. The van der Waals surface area contributed by atoms with Gasteiger partial charge >= 0.3 is 6.03 Å². The third-order valence-corrected chi connectivity index (χ3v) is 7.90. The highest BCUT2D eigenvalue weighted by Gasteiger charge is 2.41. The van der Waals surface area contributed by atoms with Crippen molar-refractivity contribution in [3.05, 3.63) is 58.2 Å². The number of urea groups is 1. The van der Waals surface area contributed by atoms with Crippen molar-refractivity contribution in [1.82, 2.24) is 14.9 Å². The van der Waals surface area contributed by atoms with Gasteiger partial charge in [-0.15, -0.1) is 0 Å². The van der Waals surface area contributed by atoms with Crippen molar-refractivity contribution >= 4 is 58.3 Å². The van der Waals surface area contributed by atoms with Gasteiger partial charge in [0, 0.05) is 49.1 Å². The van der Waals surface area contributed by atoms with Crippen molar-refractivity contribution in [2.24, 2.45) is 0 Å². The Labute approximate surface area is 242 Å². The molecule has 1 saturated heterocycles. The molecule has 0 unspecified atom stereocenters. The first-order chi connectivity index (χ1) is 19.4. The highest BCUT2D eigenvalue weighted by Crippen LogP contribution is 2.48. The van der Waals surface area contributed by atoms with Crippen molar-refractivity contribution in [3.63, 3.8) is 0 Å². The third-order valence-electron chi connectivity index (χ3n) is 7.17. The van der Waals surface area contributed by atoms with Crippen molar-refractivity contribution in [2.75, 3.05) is 42.4 Å². The normalized spacial score (nSPS) is 15.6. The average Bonchev–Trinajstić information content (AvgIpc) is 2.98. The standard InChI is InChI=1S/C28H30Cl2N6O4/c1-4-22(37)34-12-10-19(11-13-34)36-26-17(15-31-27(33-26)32-18-8-6-5-7-9-18)16-35(28(36)38)25-23(29)20(39-2)14-21(40-3)24(25)30/h5-9,14-15,19H,4,10-13,16H2,1-3H3,(H,31,32,33). The molecule has 5 rings (SSSR count). The fraction of sp³-hybridized carbons (Fsp3) is 0.357. The first kappa shape index (κ1) is 27.8. The van der Waals surface area contributed by atoms with Crippen LogP contribution in [0.2, 0.25) is 10.0 Å². The van der Waals surface area contributed by atoms with Gasteiger partial charge in [0.05, 0.1) is 26.5 Å². The van der Waals surface area contributed by atoms with E-state index in [2.05, 4.69) is 10.3 Å². The second-order valence-corrected chi connectivity index (χ2v) is 10.3. The number of methoxy groups -OCH3 is 2. The van der Waals surface area contributed by atoms with Gasteiger partial charge in [-0.05, 0) is 25.0 Å². The number of nitrogens with zero attached hydrogens (tertiary/aromatic N) is 5. The van der Waals surface area contributed by atoms with Crippen LogP contribution in [0.3, 0.4) is 0 Å². The first-order valence-electron chi connectivity index (χ1n) is 13.0. The lowest BCUT2D eigenvalue weighted by atomic mass is 10.0.